The fraction of sp³-hybridized carbons (Fsp3) is 0.214. The van der Waals surface area contributed by atoms with E-state index < -0.39 is 0 Å². The first kappa shape index (κ1) is 15.8. The summed E-state index contributed by atoms with van der Waals surface area (Å²) in [6.07, 6.45) is 1.78. The molecule has 2 aromatic rings. The van der Waals surface area contributed by atoms with Gasteiger partial charge in [-0.05, 0) is 62.7 Å². The van der Waals surface area contributed by atoms with E-state index in [9.17, 15) is 0 Å². The number of methoxy groups -OCH3 is 1. The molecule has 6 heteroatoms. The highest BCUT2D eigenvalue weighted by Crippen LogP contribution is 2.32. The highest BCUT2D eigenvalue weighted by molar-refractivity contribution is 9.11. The van der Waals surface area contributed by atoms with Crippen molar-refractivity contribution >= 4 is 43.5 Å². The summed E-state index contributed by atoms with van der Waals surface area (Å²) in [6, 6.07) is 7.62. The van der Waals surface area contributed by atoms with E-state index >= 15 is 0 Å². The van der Waals surface area contributed by atoms with Gasteiger partial charge in [0.05, 0.1) is 23.9 Å². The first-order valence-corrected chi connectivity index (χ1v) is 7.85. The average molecular weight is 421 g/mol. The smallest absolute Gasteiger partial charge is 0.137 e. The second-order valence-corrected chi connectivity index (χ2v) is 6.31. The van der Waals surface area contributed by atoms with Gasteiger partial charge in [0.1, 0.15) is 5.75 Å². The van der Waals surface area contributed by atoms with Crippen LogP contribution in [-0.2, 0) is 0 Å². The van der Waals surface area contributed by atoms with Crippen LogP contribution < -0.4 is 10.1 Å². The van der Waals surface area contributed by atoms with Crippen molar-refractivity contribution in [2.45, 2.75) is 6.04 Å². The van der Waals surface area contributed by atoms with Crippen molar-refractivity contribution in [3.8, 4) is 5.75 Å². The van der Waals surface area contributed by atoms with Gasteiger partial charge in [0, 0.05) is 15.1 Å². The molecule has 3 nitrogen and oxygen atoms in total. The molecule has 0 saturated carbocycles. The van der Waals surface area contributed by atoms with Gasteiger partial charge in [-0.25, -0.2) is 0 Å². The van der Waals surface area contributed by atoms with E-state index in [1.54, 1.807) is 13.3 Å². The number of hydrogen-bond donors (Lipinski definition) is 1. The lowest BCUT2D eigenvalue weighted by Crippen LogP contribution is -2.19. The van der Waals surface area contributed by atoms with Crippen molar-refractivity contribution in [1.82, 2.24) is 10.3 Å². The van der Waals surface area contributed by atoms with Gasteiger partial charge in [-0.3, -0.25) is 4.98 Å². The van der Waals surface area contributed by atoms with Gasteiger partial charge in [0.25, 0.3) is 0 Å². The number of pyridine rings is 1. The molecule has 0 spiro atoms. The van der Waals surface area contributed by atoms with Crippen molar-refractivity contribution in [3.05, 3.63) is 55.7 Å². The first-order valence-electron chi connectivity index (χ1n) is 5.88. The minimum Gasteiger partial charge on any atom is -0.495 e. The van der Waals surface area contributed by atoms with E-state index in [2.05, 4.69) is 42.2 Å². The molecule has 0 saturated heterocycles. The lowest BCUT2D eigenvalue weighted by molar-refractivity contribution is 0.414. The van der Waals surface area contributed by atoms with Crippen molar-refractivity contribution in [2.75, 3.05) is 14.2 Å². The molecule has 1 N–H and O–H groups in total. The largest absolute Gasteiger partial charge is 0.495 e. The van der Waals surface area contributed by atoms with Crippen LogP contribution in [0.3, 0.4) is 0 Å². The summed E-state index contributed by atoms with van der Waals surface area (Å²) < 4.78 is 7.12. The molecule has 1 atom stereocenters. The lowest BCUT2D eigenvalue weighted by atomic mass is 10.0. The molecule has 0 aliphatic rings. The molecule has 1 aromatic carbocycles. The molecule has 1 aromatic heterocycles. The molecule has 0 fully saturated rings. The van der Waals surface area contributed by atoms with E-state index in [4.69, 9.17) is 16.3 Å². The van der Waals surface area contributed by atoms with Gasteiger partial charge in [-0.2, -0.15) is 0 Å². The molecule has 0 radical (unpaired) electrons. The second kappa shape index (κ2) is 6.89. The number of halogens is 3. The quantitative estimate of drug-likeness (QED) is 0.786. The van der Waals surface area contributed by atoms with Crippen LogP contribution in [0.25, 0.3) is 0 Å². The van der Waals surface area contributed by atoms with Crippen LogP contribution in [0.1, 0.15) is 17.3 Å². The Hall–Kier alpha value is -0.620. The number of aromatic nitrogens is 1. The van der Waals surface area contributed by atoms with E-state index in [-0.39, 0.29) is 6.04 Å². The number of nitrogens with one attached hydrogen (secondary N) is 1. The number of benzene rings is 1. The zero-order chi connectivity index (χ0) is 14.7. The van der Waals surface area contributed by atoms with Crippen molar-refractivity contribution < 1.29 is 4.74 Å². The fourth-order valence-electron chi connectivity index (χ4n) is 1.95. The summed E-state index contributed by atoms with van der Waals surface area (Å²) in [5.41, 5.74) is 1.93. The van der Waals surface area contributed by atoms with E-state index in [1.165, 1.54) is 0 Å². The van der Waals surface area contributed by atoms with Crippen LogP contribution in [0.2, 0.25) is 5.02 Å². The Kier molecular flexibility index (Phi) is 5.43. The summed E-state index contributed by atoms with van der Waals surface area (Å²) in [7, 11) is 3.50. The molecule has 106 valence electrons. The molecule has 0 aliphatic heterocycles. The number of hydrogen-bond acceptors (Lipinski definition) is 3. The van der Waals surface area contributed by atoms with Gasteiger partial charge in [-0.15, -0.1) is 0 Å². The highest BCUT2D eigenvalue weighted by atomic mass is 79.9. The summed E-state index contributed by atoms with van der Waals surface area (Å²) in [6.45, 7) is 0. The standard InChI is InChI=1S/C14H13Br2ClN2O/c1-18-13(14-10(16)6-9(15)7-19-14)8-3-4-11(17)12(5-8)20-2/h3-7,13,18H,1-2H3. The van der Waals surface area contributed by atoms with E-state index in [0.717, 1.165) is 20.2 Å². The van der Waals surface area contributed by atoms with Crippen LogP contribution in [-0.4, -0.2) is 19.1 Å². The summed E-state index contributed by atoms with van der Waals surface area (Å²) in [5, 5.41) is 3.85. The number of nitrogens with zero attached hydrogens (tertiary/aromatic N) is 1. The maximum atomic E-state index is 6.07. The first-order chi connectivity index (χ1) is 9.56. The maximum Gasteiger partial charge on any atom is 0.137 e. The number of rotatable bonds is 4. The summed E-state index contributed by atoms with van der Waals surface area (Å²) >= 11 is 13.0. The Balaban J connectivity index is 2.46. The maximum absolute atomic E-state index is 6.07. The minimum atomic E-state index is -0.0522. The molecule has 0 amide bonds. The van der Waals surface area contributed by atoms with E-state index in [1.807, 2.05) is 31.3 Å². The zero-order valence-electron chi connectivity index (χ0n) is 11.0. The molecule has 1 heterocycles. The fourth-order valence-corrected chi connectivity index (χ4v) is 3.37. The van der Waals surface area contributed by atoms with Crippen molar-refractivity contribution in [3.63, 3.8) is 0 Å². The van der Waals surface area contributed by atoms with Crippen LogP contribution in [0, 0.1) is 0 Å². The van der Waals surface area contributed by atoms with Gasteiger partial charge >= 0.3 is 0 Å². The molecule has 0 aliphatic carbocycles. The van der Waals surface area contributed by atoms with Gasteiger partial charge < -0.3 is 10.1 Å². The third kappa shape index (κ3) is 3.34. The van der Waals surface area contributed by atoms with Crippen LogP contribution in [0.5, 0.6) is 5.75 Å². The molecular formula is C14H13Br2ClN2O. The van der Waals surface area contributed by atoms with Gasteiger partial charge in [-0.1, -0.05) is 17.7 Å². The summed E-state index contributed by atoms with van der Waals surface area (Å²) in [5.74, 6) is 0.651. The Labute approximate surface area is 140 Å². The zero-order valence-corrected chi connectivity index (χ0v) is 14.9. The Morgan fingerprint density at radius 3 is 2.65 bits per heavy atom. The Morgan fingerprint density at radius 2 is 2.05 bits per heavy atom. The van der Waals surface area contributed by atoms with Crippen LogP contribution in [0.15, 0.2) is 39.4 Å². The molecule has 2 rings (SSSR count). The third-order valence-corrected chi connectivity index (χ3v) is 4.29. The molecule has 1 unspecified atom stereocenters. The molecule has 20 heavy (non-hydrogen) atoms. The number of ether oxygens (including phenoxy) is 1. The van der Waals surface area contributed by atoms with Crippen molar-refractivity contribution in [2.24, 2.45) is 0 Å². The minimum absolute atomic E-state index is 0.0522. The second-order valence-electron chi connectivity index (χ2n) is 4.14. The highest BCUT2D eigenvalue weighted by Gasteiger charge is 2.18. The van der Waals surface area contributed by atoms with Gasteiger partial charge in [0.15, 0.2) is 0 Å². The Morgan fingerprint density at radius 1 is 1.30 bits per heavy atom. The predicted octanol–water partition coefficient (Wildman–Crippen LogP) is 4.58. The SMILES string of the molecule is CNC(c1ccc(Cl)c(OC)c1)c1ncc(Br)cc1Br. The van der Waals surface area contributed by atoms with Gasteiger partial charge in [0.2, 0.25) is 0 Å². The topological polar surface area (TPSA) is 34.1 Å². The molecular weight excluding hydrogens is 407 g/mol. The Bertz CT molecular complexity index is 622. The van der Waals surface area contributed by atoms with Crippen LogP contribution in [0.4, 0.5) is 0 Å². The predicted molar refractivity (Wildman–Crippen MR) is 88.5 cm³/mol. The molecule has 0 bridgehead atoms. The third-order valence-electron chi connectivity index (χ3n) is 2.91. The normalized spacial score (nSPS) is 12.2. The average Bonchev–Trinajstić information content (AvgIpc) is 2.43. The van der Waals surface area contributed by atoms with Crippen molar-refractivity contribution in [1.29, 1.82) is 0 Å². The lowest BCUT2D eigenvalue weighted by Gasteiger charge is -2.18. The monoisotopic (exact) mass is 418 g/mol. The van der Waals surface area contributed by atoms with E-state index in [0.29, 0.717) is 10.8 Å². The van der Waals surface area contributed by atoms with Crippen LogP contribution >= 0.6 is 43.5 Å². The summed E-state index contributed by atoms with van der Waals surface area (Å²) in [4.78, 5) is 4.47.